The summed E-state index contributed by atoms with van der Waals surface area (Å²) in [7, 11) is 0. The highest BCUT2D eigenvalue weighted by Crippen LogP contribution is 2.20. The van der Waals surface area contributed by atoms with Crippen molar-refractivity contribution in [1.29, 1.82) is 0 Å². The van der Waals surface area contributed by atoms with Crippen molar-refractivity contribution >= 4 is 0 Å². The van der Waals surface area contributed by atoms with E-state index >= 15 is 0 Å². The first-order chi connectivity index (χ1) is 7.37. The summed E-state index contributed by atoms with van der Waals surface area (Å²) in [6.45, 7) is 12.1. The summed E-state index contributed by atoms with van der Waals surface area (Å²) < 4.78 is 0. The first-order valence-electron chi connectivity index (χ1n) is 6.36. The smallest absolute Gasteiger partial charge is 0.0797 e. The van der Waals surface area contributed by atoms with Gasteiger partial charge in [0.25, 0.3) is 0 Å². The Morgan fingerprint density at radius 3 is 2.50 bits per heavy atom. The number of hydrogen-bond acceptors (Lipinski definition) is 1. The summed E-state index contributed by atoms with van der Waals surface area (Å²) >= 11 is 0. The Morgan fingerprint density at radius 1 is 1.38 bits per heavy atom. The molecule has 0 aromatic carbocycles. The average Bonchev–Trinajstić information content (AvgIpc) is 2.17. The van der Waals surface area contributed by atoms with E-state index in [-0.39, 0.29) is 0 Å². The minimum absolute atomic E-state index is 0.681. The molecule has 0 heterocycles. The molecular formula is C15H28O. The van der Waals surface area contributed by atoms with Crippen LogP contribution in [0, 0.1) is 5.92 Å². The van der Waals surface area contributed by atoms with Crippen LogP contribution in [0.15, 0.2) is 24.3 Å². The van der Waals surface area contributed by atoms with Gasteiger partial charge in [0.15, 0.2) is 0 Å². The second-order valence-corrected chi connectivity index (χ2v) is 5.42. The van der Waals surface area contributed by atoms with Gasteiger partial charge in [0, 0.05) is 0 Å². The lowest BCUT2D eigenvalue weighted by Crippen LogP contribution is -2.20. The lowest BCUT2D eigenvalue weighted by atomic mass is 9.93. The van der Waals surface area contributed by atoms with Crippen molar-refractivity contribution in [2.75, 3.05) is 0 Å². The third-order valence-corrected chi connectivity index (χ3v) is 3.03. The highest BCUT2D eigenvalue weighted by atomic mass is 16.3. The van der Waals surface area contributed by atoms with Crippen LogP contribution in [0.1, 0.15) is 59.8 Å². The highest BCUT2D eigenvalue weighted by Gasteiger charge is 2.14. The second-order valence-electron chi connectivity index (χ2n) is 5.42. The molecular weight excluding hydrogens is 196 g/mol. The fourth-order valence-corrected chi connectivity index (χ4v) is 1.71. The monoisotopic (exact) mass is 224 g/mol. The lowest BCUT2D eigenvalue weighted by molar-refractivity contribution is 0.0975. The largest absolute Gasteiger partial charge is 0.386 e. The van der Waals surface area contributed by atoms with Crippen molar-refractivity contribution in [1.82, 2.24) is 0 Å². The molecule has 0 unspecified atom stereocenters. The van der Waals surface area contributed by atoms with Crippen molar-refractivity contribution in [3.8, 4) is 0 Å². The first kappa shape index (κ1) is 15.4. The van der Waals surface area contributed by atoms with Crippen molar-refractivity contribution in [2.45, 2.75) is 65.4 Å². The van der Waals surface area contributed by atoms with E-state index in [4.69, 9.17) is 0 Å². The van der Waals surface area contributed by atoms with Gasteiger partial charge in [0.1, 0.15) is 0 Å². The van der Waals surface area contributed by atoms with Crippen molar-refractivity contribution in [2.24, 2.45) is 5.92 Å². The van der Waals surface area contributed by atoms with Gasteiger partial charge in [-0.2, -0.15) is 0 Å². The van der Waals surface area contributed by atoms with Crippen LogP contribution < -0.4 is 0 Å². The molecule has 0 aliphatic heterocycles. The Bertz CT molecular complexity index is 222. The molecule has 0 rings (SSSR count). The zero-order valence-corrected chi connectivity index (χ0v) is 11.4. The van der Waals surface area contributed by atoms with Gasteiger partial charge < -0.3 is 5.11 Å². The summed E-state index contributed by atoms with van der Waals surface area (Å²) in [6, 6.07) is 0. The number of allylic oxidation sites excluding steroid dienone is 2. The van der Waals surface area contributed by atoms with E-state index in [9.17, 15) is 5.11 Å². The molecule has 0 aliphatic rings. The Labute approximate surface area is 101 Å². The van der Waals surface area contributed by atoms with Gasteiger partial charge in [-0.05, 0) is 46.0 Å². The molecule has 0 saturated heterocycles. The van der Waals surface area contributed by atoms with Crippen LogP contribution in [-0.4, -0.2) is 10.7 Å². The number of rotatable bonds is 8. The van der Waals surface area contributed by atoms with Crippen LogP contribution >= 0.6 is 0 Å². The van der Waals surface area contributed by atoms with Gasteiger partial charge in [-0.25, -0.2) is 0 Å². The third-order valence-electron chi connectivity index (χ3n) is 3.03. The molecule has 0 radical (unpaired) electrons. The van der Waals surface area contributed by atoms with E-state index in [0.717, 1.165) is 18.8 Å². The fourth-order valence-electron chi connectivity index (χ4n) is 1.71. The predicted molar refractivity (Wildman–Crippen MR) is 72.5 cm³/mol. The van der Waals surface area contributed by atoms with E-state index in [1.165, 1.54) is 24.8 Å². The quantitative estimate of drug-likeness (QED) is 0.603. The van der Waals surface area contributed by atoms with Crippen LogP contribution in [0.3, 0.4) is 0 Å². The Kier molecular flexibility index (Phi) is 7.40. The molecule has 0 aliphatic carbocycles. The summed E-state index contributed by atoms with van der Waals surface area (Å²) in [4.78, 5) is 0. The normalized spacial score (nSPS) is 16.3. The number of aliphatic hydroxyl groups is 1. The molecule has 1 nitrogen and oxygen atoms in total. The predicted octanol–water partition coefficient (Wildman–Crippen LogP) is 4.48. The molecule has 0 bridgehead atoms. The molecule has 1 N–H and O–H groups in total. The van der Waals surface area contributed by atoms with Crippen molar-refractivity contribution < 1.29 is 5.11 Å². The lowest BCUT2D eigenvalue weighted by Gasteiger charge is -2.19. The Hall–Kier alpha value is -0.560. The summed E-state index contributed by atoms with van der Waals surface area (Å²) in [5.41, 5.74) is 0.724. The summed E-state index contributed by atoms with van der Waals surface area (Å²) in [5, 5.41) is 9.76. The first-order valence-corrected chi connectivity index (χ1v) is 6.36. The molecule has 0 aromatic rings. The molecule has 2 atom stereocenters. The maximum Gasteiger partial charge on any atom is 0.0797 e. The molecule has 0 amide bonds. The SMILES string of the molecule is C=C[C@](C)(O)CCC[C@H](C)CCC=C(C)C. The van der Waals surface area contributed by atoms with E-state index in [1.807, 2.05) is 6.92 Å². The Morgan fingerprint density at radius 2 is 2.00 bits per heavy atom. The molecule has 16 heavy (non-hydrogen) atoms. The Balaban J connectivity index is 3.62. The van der Waals surface area contributed by atoms with Gasteiger partial charge in [-0.1, -0.05) is 37.5 Å². The van der Waals surface area contributed by atoms with Crippen LogP contribution in [0.2, 0.25) is 0 Å². The van der Waals surface area contributed by atoms with E-state index < -0.39 is 5.60 Å². The van der Waals surface area contributed by atoms with E-state index in [1.54, 1.807) is 6.08 Å². The minimum atomic E-state index is -0.681. The molecule has 0 aromatic heterocycles. The molecule has 1 heteroatoms. The standard InChI is InChI=1S/C15H28O/c1-6-15(5,16)12-8-11-14(4)10-7-9-13(2)3/h6,9,14,16H,1,7-8,10-12H2,2-5H3/t14-,15+/m1/s1. The van der Waals surface area contributed by atoms with Crippen LogP contribution in [0.25, 0.3) is 0 Å². The van der Waals surface area contributed by atoms with Crippen LogP contribution in [0.5, 0.6) is 0 Å². The third kappa shape index (κ3) is 8.72. The van der Waals surface area contributed by atoms with Crippen molar-refractivity contribution in [3.63, 3.8) is 0 Å². The molecule has 0 saturated carbocycles. The summed E-state index contributed by atoms with van der Waals surface area (Å²) in [6.07, 6.45) is 9.47. The van der Waals surface area contributed by atoms with Crippen LogP contribution in [0.4, 0.5) is 0 Å². The molecule has 0 fully saturated rings. The van der Waals surface area contributed by atoms with Gasteiger partial charge in [0.05, 0.1) is 5.60 Å². The maximum atomic E-state index is 9.76. The van der Waals surface area contributed by atoms with Crippen LogP contribution in [-0.2, 0) is 0 Å². The summed E-state index contributed by atoms with van der Waals surface area (Å²) in [5.74, 6) is 0.746. The second kappa shape index (κ2) is 7.67. The van der Waals surface area contributed by atoms with E-state index in [0.29, 0.717) is 0 Å². The fraction of sp³-hybridized carbons (Fsp3) is 0.733. The van der Waals surface area contributed by atoms with Crippen molar-refractivity contribution in [3.05, 3.63) is 24.3 Å². The highest BCUT2D eigenvalue weighted by molar-refractivity contribution is 4.93. The zero-order chi connectivity index (χ0) is 12.6. The molecule has 0 spiro atoms. The minimum Gasteiger partial charge on any atom is -0.386 e. The van der Waals surface area contributed by atoms with Gasteiger partial charge in [-0.15, -0.1) is 6.58 Å². The zero-order valence-electron chi connectivity index (χ0n) is 11.4. The van der Waals surface area contributed by atoms with Gasteiger partial charge >= 0.3 is 0 Å². The molecule has 94 valence electrons. The number of hydrogen-bond donors (Lipinski definition) is 1. The maximum absolute atomic E-state index is 9.76. The van der Waals surface area contributed by atoms with Gasteiger partial charge in [0.2, 0.25) is 0 Å². The average molecular weight is 224 g/mol. The topological polar surface area (TPSA) is 20.2 Å². The van der Waals surface area contributed by atoms with Gasteiger partial charge in [-0.3, -0.25) is 0 Å². The van der Waals surface area contributed by atoms with E-state index in [2.05, 4.69) is 33.4 Å².